The van der Waals surface area contributed by atoms with Gasteiger partial charge in [0.05, 0.1) is 14.2 Å². The quantitative estimate of drug-likeness (QED) is 0.775. The summed E-state index contributed by atoms with van der Waals surface area (Å²) < 4.78 is 10.1. The van der Waals surface area contributed by atoms with E-state index >= 15 is 0 Å². The molecule has 0 bridgehead atoms. The summed E-state index contributed by atoms with van der Waals surface area (Å²) in [5.41, 5.74) is 0.911. The van der Waals surface area contributed by atoms with E-state index in [0.717, 1.165) is 12.0 Å². The second kappa shape index (κ2) is 5.85. The van der Waals surface area contributed by atoms with Crippen LogP contribution in [0.2, 0.25) is 0 Å². The van der Waals surface area contributed by atoms with E-state index in [2.05, 4.69) is 6.58 Å². The summed E-state index contributed by atoms with van der Waals surface area (Å²) in [4.78, 5) is 0. The van der Waals surface area contributed by atoms with Gasteiger partial charge in [-0.2, -0.15) is 0 Å². The van der Waals surface area contributed by atoms with Crippen LogP contribution < -0.4 is 9.47 Å². The average molecular weight is 220 g/mol. The van der Waals surface area contributed by atoms with Gasteiger partial charge in [-0.3, -0.25) is 0 Å². The van der Waals surface area contributed by atoms with Crippen molar-refractivity contribution in [1.82, 2.24) is 0 Å². The van der Waals surface area contributed by atoms with Crippen LogP contribution in [-0.4, -0.2) is 19.3 Å². The van der Waals surface area contributed by atoms with E-state index in [0.29, 0.717) is 11.5 Å². The maximum atomic E-state index is 9.69. The van der Waals surface area contributed by atoms with Crippen molar-refractivity contribution in [2.24, 2.45) is 0 Å². The Morgan fingerprint density at radius 3 is 2.25 bits per heavy atom. The fraction of sp³-hybridized carbons (Fsp3) is 0.231. The number of hydrogen-bond donors (Lipinski definition) is 1. The normalized spacial score (nSPS) is 10.4. The molecule has 0 saturated carbocycles. The first kappa shape index (κ1) is 12.2. The molecule has 1 aromatic carbocycles. The van der Waals surface area contributed by atoms with Crippen LogP contribution in [0.5, 0.6) is 17.2 Å². The van der Waals surface area contributed by atoms with E-state index in [9.17, 15) is 5.11 Å². The molecule has 0 heterocycles. The van der Waals surface area contributed by atoms with Crippen molar-refractivity contribution in [3.63, 3.8) is 0 Å². The Balaban J connectivity index is 3.06. The van der Waals surface area contributed by atoms with Gasteiger partial charge in [-0.25, -0.2) is 0 Å². The molecule has 0 aliphatic carbocycles. The van der Waals surface area contributed by atoms with Crippen molar-refractivity contribution in [2.45, 2.75) is 6.42 Å². The first-order valence-corrected chi connectivity index (χ1v) is 4.95. The molecule has 1 aromatic rings. The highest BCUT2D eigenvalue weighted by Crippen LogP contribution is 2.37. The lowest BCUT2D eigenvalue weighted by molar-refractivity contribution is 0.340. The number of benzene rings is 1. The minimum Gasteiger partial charge on any atom is -0.502 e. The SMILES string of the molecule is C=CC/C=C/c1cc(OC)c(O)c(OC)c1. The molecule has 0 spiro atoms. The monoisotopic (exact) mass is 220 g/mol. The van der Waals surface area contributed by atoms with E-state index < -0.39 is 0 Å². The van der Waals surface area contributed by atoms with Crippen LogP contribution >= 0.6 is 0 Å². The molecule has 0 aliphatic rings. The van der Waals surface area contributed by atoms with Gasteiger partial charge >= 0.3 is 0 Å². The van der Waals surface area contributed by atoms with Crippen LogP contribution in [0.4, 0.5) is 0 Å². The van der Waals surface area contributed by atoms with Crippen LogP contribution in [-0.2, 0) is 0 Å². The van der Waals surface area contributed by atoms with E-state index in [4.69, 9.17) is 9.47 Å². The Morgan fingerprint density at radius 2 is 1.81 bits per heavy atom. The molecule has 0 atom stereocenters. The maximum Gasteiger partial charge on any atom is 0.200 e. The topological polar surface area (TPSA) is 38.7 Å². The Kier molecular flexibility index (Phi) is 4.45. The molecule has 3 heteroatoms. The first-order chi connectivity index (χ1) is 7.72. The minimum atomic E-state index is 0.0193. The van der Waals surface area contributed by atoms with Gasteiger partial charge < -0.3 is 14.6 Å². The van der Waals surface area contributed by atoms with Crippen LogP contribution in [0.1, 0.15) is 12.0 Å². The predicted molar refractivity (Wildman–Crippen MR) is 65.1 cm³/mol. The van der Waals surface area contributed by atoms with Crippen LogP contribution in [0.25, 0.3) is 6.08 Å². The largest absolute Gasteiger partial charge is 0.502 e. The molecule has 0 amide bonds. The van der Waals surface area contributed by atoms with Gasteiger partial charge in [-0.1, -0.05) is 18.2 Å². The molecule has 0 aromatic heterocycles. The fourth-order valence-electron chi connectivity index (χ4n) is 1.31. The summed E-state index contributed by atoms with van der Waals surface area (Å²) in [6.45, 7) is 3.63. The van der Waals surface area contributed by atoms with Crippen LogP contribution in [0, 0.1) is 0 Å². The van der Waals surface area contributed by atoms with E-state index in [1.165, 1.54) is 14.2 Å². The van der Waals surface area contributed by atoms with Crippen molar-refractivity contribution in [3.8, 4) is 17.2 Å². The molecule has 3 nitrogen and oxygen atoms in total. The number of ether oxygens (including phenoxy) is 2. The molecular formula is C13H16O3. The van der Waals surface area contributed by atoms with E-state index in [1.54, 1.807) is 12.1 Å². The lowest BCUT2D eigenvalue weighted by Gasteiger charge is -2.09. The number of allylic oxidation sites excluding steroid dienone is 2. The predicted octanol–water partition coefficient (Wildman–Crippen LogP) is 3.00. The lowest BCUT2D eigenvalue weighted by Crippen LogP contribution is -1.90. The minimum absolute atomic E-state index is 0.0193. The first-order valence-electron chi connectivity index (χ1n) is 4.95. The zero-order valence-corrected chi connectivity index (χ0v) is 9.56. The highest BCUT2D eigenvalue weighted by atomic mass is 16.5. The maximum absolute atomic E-state index is 9.69. The van der Waals surface area contributed by atoms with Crippen molar-refractivity contribution in [2.75, 3.05) is 14.2 Å². The van der Waals surface area contributed by atoms with Gasteiger partial charge in [0.25, 0.3) is 0 Å². The third kappa shape index (κ3) is 2.79. The second-order valence-corrected chi connectivity index (χ2v) is 3.20. The lowest BCUT2D eigenvalue weighted by atomic mass is 10.1. The average Bonchev–Trinajstić information content (AvgIpc) is 2.31. The van der Waals surface area contributed by atoms with Crippen molar-refractivity contribution >= 4 is 6.08 Å². The standard InChI is InChI=1S/C13H16O3/c1-4-5-6-7-10-8-11(15-2)13(14)12(9-10)16-3/h4,6-9,14H,1,5H2,2-3H3/b7-6+. The molecule has 0 unspecified atom stereocenters. The molecule has 86 valence electrons. The summed E-state index contributed by atoms with van der Waals surface area (Å²) in [7, 11) is 3.01. The van der Waals surface area contributed by atoms with Crippen molar-refractivity contribution in [3.05, 3.63) is 36.4 Å². The zero-order chi connectivity index (χ0) is 12.0. The number of phenolic OH excluding ortho intramolecular Hbond substituents is 1. The van der Waals surface area contributed by atoms with E-state index in [1.807, 2.05) is 18.2 Å². The molecule has 0 fully saturated rings. The van der Waals surface area contributed by atoms with Gasteiger partial charge in [-0.15, -0.1) is 6.58 Å². The summed E-state index contributed by atoms with van der Waals surface area (Å²) in [6.07, 6.45) is 6.50. The smallest absolute Gasteiger partial charge is 0.200 e. The third-order valence-corrected chi connectivity index (χ3v) is 2.12. The summed E-state index contributed by atoms with van der Waals surface area (Å²) in [6, 6.07) is 3.49. The second-order valence-electron chi connectivity index (χ2n) is 3.20. The van der Waals surface area contributed by atoms with E-state index in [-0.39, 0.29) is 5.75 Å². The Morgan fingerprint density at radius 1 is 1.25 bits per heavy atom. The van der Waals surface area contributed by atoms with Gasteiger partial charge in [0.15, 0.2) is 11.5 Å². The van der Waals surface area contributed by atoms with Crippen molar-refractivity contribution < 1.29 is 14.6 Å². The number of rotatable bonds is 5. The van der Waals surface area contributed by atoms with Gasteiger partial charge in [0.1, 0.15) is 0 Å². The van der Waals surface area contributed by atoms with Gasteiger partial charge in [0, 0.05) is 0 Å². The molecule has 0 aliphatic heterocycles. The Labute approximate surface area is 95.6 Å². The number of methoxy groups -OCH3 is 2. The van der Waals surface area contributed by atoms with Gasteiger partial charge in [-0.05, 0) is 24.1 Å². The number of aromatic hydroxyl groups is 1. The molecule has 0 radical (unpaired) electrons. The number of phenols is 1. The fourth-order valence-corrected chi connectivity index (χ4v) is 1.31. The van der Waals surface area contributed by atoms with Crippen LogP contribution in [0.3, 0.4) is 0 Å². The molecular weight excluding hydrogens is 204 g/mol. The molecule has 0 saturated heterocycles. The summed E-state index contributed by atoms with van der Waals surface area (Å²) in [5, 5.41) is 9.69. The zero-order valence-electron chi connectivity index (χ0n) is 9.56. The van der Waals surface area contributed by atoms with Crippen molar-refractivity contribution in [1.29, 1.82) is 0 Å². The molecule has 1 N–H and O–H groups in total. The summed E-state index contributed by atoms with van der Waals surface area (Å²) >= 11 is 0. The molecule has 16 heavy (non-hydrogen) atoms. The molecule has 1 rings (SSSR count). The Hall–Kier alpha value is -1.90. The summed E-state index contributed by atoms with van der Waals surface area (Å²) in [5.74, 6) is 0.820. The third-order valence-electron chi connectivity index (χ3n) is 2.12. The highest BCUT2D eigenvalue weighted by Gasteiger charge is 2.09. The number of hydrogen-bond acceptors (Lipinski definition) is 3. The van der Waals surface area contributed by atoms with Crippen LogP contribution in [0.15, 0.2) is 30.9 Å². The highest BCUT2D eigenvalue weighted by molar-refractivity contribution is 5.61. The Bertz CT molecular complexity index is 369. The van der Waals surface area contributed by atoms with Gasteiger partial charge in [0.2, 0.25) is 5.75 Å².